The van der Waals surface area contributed by atoms with Gasteiger partial charge in [0.25, 0.3) is 5.91 Å². The minimum Gasteiger partial charge on any atom is -0.409 e. The van der Waals surface area contributed by atoms with Crippen LogP contribution in [0.4, 0.5) is 0 Å². The van der Waals surface area contributed by atoms with Crippen LogP contribution in [0, 0.1) is 5.92 Å². The van der Waals surface area contributed by atoms with Gasteiger partial charge in [-0.1, -0.05) is 12.1 Å². The summed E-state index contributed by atoms with van der Waals surface area (Å²) in [5.74, 6) is -0.539. The number of hydrogen-bond acceptors (Lipinski definition) is 5. The highest BCUT2D eigenvalue weighted by Gasteiger charge is 2.12. The van der Waals surface area contributed by atoms with Gasteiger partial charge in [-0.25, -0.2) is 0 Å². The number of carbonyl (C=O) groups is 1. The Kier molecular flexibility index (Phi) is 3.61. The number of carbonyl (C=O) groups excluding carboxylic acids is 1. The van der Waals surface area contributed by atoms with E-state index in [1.807, 2.05) is 0 Å². The largest absolute Gasteiger partial charge is 0.409 e. The molecule has 0 aromatic carbocycles. The first-order chi connectivity index (χ1) is 7.15. The molecule has 1 amide bonds. The number of nitrogens with zero attached hydrogens (tertiary/aromatic N) is 3. The van der Waals surface area contributed by atoms with E-state index in [9.17, 15) is 4.79 Å². The minimum absolute atomic E-state index is 0.0652. The maximum absolute atomic E-state index is 11.3. The lowest BCUT2D eigenvalue weighted by atomic mass is 10.1. The Labute approximate surface area is 85.5 Å². The summed E-state index contributed by atoms with van der Waals surface area (Å²) < 4.78 is 0. The third kappa shape index (κ3) is 2.93. The highest BCUT2D eigenvalue weighted by Crippen LogP contribution is 1.94. The minimum atomic E-state index is -0.360. The van der Waals surface area contributed by atoms with Crippen LogP contribution in [0.3, 0.4) is 0 Å². The van der Waals surface area contributed by atoms with Crippen molar-refractivity contribution in [1.29, 1.82) is 0 Å². The molecule has 8 nitrogen and oxygen atoms in total. The number of oxime groups is 1. The lowest BCUT2D eigenvalue weighted by Gasteiger charge is -2.09. The van der Waals surface area contributed by atoms with Gasteiger partial charge in [-0.05, 0) is 0 Å². The third-order valence-corrected chi connectivity index (χ3v) is 1.84. The number of aromatic nitrogens is 3. The average molecular weight is 212 g/mol. The molecule has 0 radical (unpaired) electrons. The molecule has 1 atom stereocenters. The number of amides is 1. The van der Waals surface area contributed by atoms with Crippen molar-refractivity contribution in [3.8, 4) is 0 Å². The second-order valence-corrected chi connectivity index (χ2v) is 2.99. The van der Waals surface area contributed by atoms with Crippen molar-refractivity contribution < 1.29 is 10.0 Å². The quantitative estimate of drug-likeness (QED) is 0.218. The molecular weight excluding hydrogens is 200 g/mol. The van der Waals surface area contributed by atoms with Crippen molar-refractivity contribution in [3.63, 3.8) is 0 Å². The van der Waals surface area contributed by atoms with Crippen LogP contribution in [0.5, 0.6) is 0 Å². The van der Waals surface area contributed by atoms with Crippen LogP contribution in [-0.2, 0) is 0 Å². The average Bonchev–Trinajstić information content (AvgIpc) is 2.77. The summed E-state index contributed by atoms with van der Waals surface area (Å²) in [5, 5.41) is 23.2. The summed E-state index contributed by atoms with van der Waals surface area (Å²) >= 11 is 0. The van der Waals surface area contributed by atoms with Crippen LogP contribution in [-0.4, -0.2) is 38.9 Å². The zero-order chi connectivity index (χ0) is 11.3. The van der Waals surface area contributed by atoms with E-state index in [1.165, 1.54) is 6.20 Å². The molecule has 0 fully saturated rings. The van der Waals surface area contributed by atoms with Crippen LogP contribution < -0.4 is 11.1 Å². The zero-order valence-corrected chi connectivity index (χ0v) is 8.14. The predicted octanol–water partition coefficient (Wildman–Crippen LogP) is -1.08. The summed E-state index contributed by atoms with van der Waals surface area (Å²) in [6.45, 7) is 1.99. The van der Waals surface area contributed by atoms with E-state index in [0.29, 0.717) is 0 Å². The number of rotatable bonds is 4. The second kappa shape index (κ2) is 4.94. The monoisotopic (exact) mass is 212 g/mol. The van der Waals surface area contributed by atoms with Crippen molar-refractivity contribution in [2.75, 3.05) is 6.54 Å². The molecule has 0 bridgehead atoms. The first kappa shape index (κ1) is 11.0. The summed E-state index contributed by atoms with van der Waals surface area (Å²) in [6, 6.07) is 0. The molecule has 1 unspecified atom stereocenters. The van der Waals surface area contributed by atoms with E-state index in [4.69, 9.17) is 10.9 Å². The molecule has 8 heteroatoms. The summed E-state index contributed by atoms with van der Waals surface area (Å²) in [6.07, 6.45) is 1.31. The Morgan fingerprint density at radius 2 is 2.60 bits per heavy atom. The van der Waals surface area contributed by atoms with Crippen LogP contribution >= 0.6 is 0 Å². The zero-order valence-electron chi connectivity index (χ0n) is 8.14. The number of H-pyrrole nitrogens is 1. The molecule has 15 heavy (non-hydrogen) atoms. The normalized spacial score (nSPS) is 13.5. The summed E-state index contributed by atoms with van der Waals surface area (Å²) in [4.78, 5) is 11.3. The summed E-state index contributed by atoms with van der Waals surface area (Å²) in [7, 11) is 0. The van der Waals surface area contributed by atoms with Crippen LogP contribution in [0.1, 0.15) is 17.4 Å². The van der Waals surface area contributed by atoms with E-state index in [2.05, 4.69) is 25.9 Å². The van der Waals surface area contributed by atoms with Crippen molar-refractivity contribution in [2.24, 2.45) is 16.8 Å². The van der Waals surface area contributed by atoms with Gasteiger partial charge < -0.3 is 16.3 Å². The first-order valence-corrected chi connectivity index (χ1v) is 4.26. The smallest absolute Gasteiger partial charge is 0.273 e. The molecule has 5 N–H and O–H groups in total. The lowest BCUT2D eigenvalue weighted by Crippen LogP contribution is -2.34. The Hall–Kier alpha value is -2.12. The molecule has 0 spiro atoms. The maximum Gasteiger partial charge on any atom is 0.273 e. The van der Waals surface area contributed by atoms with E-state index in [0.717, 1.165) is 0 Å². The van der Waals surface area contributed by atoms with Gasteiger partial charge in [-0.2, -0.15) is 15.4 Å². The van der Waals surface area contributed by atoms with Gasteiger partial charge in [0.05, 0.1) is 6.20 Å². The van der Waals surface area contributed by atoms with Crippen LogP contribution in [0.2, 0.25) is 0 Å². The van der Waals surface area contributed by atoms with E-state index in [-0.39, 0.29) is 29.9 Å². The molecule has 1 heterocycles. The highest BCUT2D eigenvalue weighted by atomic mass is 16.4. The number of nitrogens with one attached hydrogen (secondary N) is 2. The predicted molar refractivity (Wildman–Crippen MR) is 51.3 cm³/mol. The number of amidine groups is 1. The molecular formula is C7H12N6O2. The van der Waals surface area contributed by atoms with E-state index >= 15 is 0 Å². The Morgan fingerprint density at radius 1 is 1.87 bits per heavy atom. The SMILES string of the molecule is CC(CNC(=O)c1cn[nH]n1)C(N)=NO. The molecule has 0 saturated carbocycles. The Morgan fingerprint density at radius 3 is 3.13 bits per heavy atom. The van der Waals surface area contributed by atoms with Gasteiger partial charge in [0.2, 0.25) is 0 Å². The standard InChI is InChI=1S/C7H12N6O2/c1-4(6(8)12-15)2-9-7(14)5-3-10-13-11-5/h3-4,15H,2H2,1H3,(H2,8,12)(H,9,14)(H,10,11,13). The van der Waals surface area contributed by atoms with Crippen molar-refractivity contribution in [1.82, 2.24) is 20.7 Å². The van der Waals surface area contributed by atoms with Gasteiger partial charge in [0, 0.05) is 12.5 Å². The summed E-state index contributed by atoms with van der Waals surface area (Å²) in [5.41, 5.74) is 5.53. The van der Waals surface area contributed by atoms with Gasteiger partial charge in [-0.15, -0.1) is 0 Å². The molecule has 0 aliphatic heterocycles. The topological polar surface area (TPSA) is 129 Å². The fourth-order valence-corrected chi connectivity index (χ4v) is 0.850. The Bertz CT molecular complexity index is 346. The molecule has 0 aliphatic rings. The van der Waals surface area contributed by atoms with Gasteiger partial charge in [0.1, 0.15) is 5.84 Å². The molecule has 1 aromatic rings. The second-order valence-electron chi connectivity index (χ2n) is 2.99. The van der Waals surface area contributed by atoms with E-state index in [1.54, 1.807) is 6.92 Å². The number of nitrogens with two attached hydrogens (primary N) is 1. The fourth-order valence-electron chi connectivity index (χ4n) is 0.850. The van der Waals surface area contributed by atoms with Crippen molar-refractivity contribution >= 4 is 11.7 Å². The van der Waals surface area contributed by atoms with Gasteiger partial charge >= 0.3 is 0 Å². The Balaban J connectivity index is 2.41. The van der Waals surface area contributed by atoms with Crippen molar-refractivity contribution in [3.05, 3.63) is 11.9 Å². The van der Waals surface area contributed by atoms with Crippen molar-refractivity contribution in [2.45, 2.75) is 6.92 Å². The third-order valence-electron chi connectivity index (χ3n) is 1.84. The number of aromatic amines is 1. The van der Waals surface area contributed by atoms with Crippen LogP contribution in [0.25, 0.3) is 0 Å². The van der Waals surface area contributed by atoms with Gasteiger partial charge in [0.15, 0.2) is 5.69 Å². The van der Waals surface area contributed by atoms with Crippen LogP contribution in [0.15, 0.2) is 11.4 Å². The van der Waals surface area contributed by atoms with E-state index < -0.39 is 0 Å². The lowest BCUT2D eigenvalue weighted by molar-refractivity contribution is 0.0946. The first-order valence-electron chi connectivity index (χ1n) is 4.26. The molecule has 1 aromatic heterocycles. The molecule has 0 saturated heterocycles. The molecule has 82 valence electrons. The molecule has 1 rings (SSSR count). The highest BCUT2D eigenvalue weighted by molar-refractivity contribution is 5.92. The molecule has 0 aliphatic carbocycles. The fraction of sp³-hybridized carbons (Fsp3) is 0.429. The maximum atomic E-state index is 11.3. The van der Waals surface area contributed by atoms with Gasteiger partial charge in [-0.3, -0.25) is 4.79 Å². The number of hydrogen-bond donors (Lipinski definition) is 4.